The molecule has 0 aromatic carbocycles. The zero-order valence-corrected chi connectivity index (χ0v) is 17.4. The van der Waals surface area contributed by atoms with E-state index >= 15 is 0 Å². The standard InChI is InChI=1S/C21H25N5O2S/c1-21(2)14-26-19(28)18(20(26)29-21)24-17(27)13-25(11-15-7-3-5-9-22-15)12-16-8-4-6-10-23-16/h3-10,18,20H,11-14H2,1-2H3,(H,24,27). The molecule has 1 N–H and O–H groups in total. The van der Waals surface area contributed by atoms with E-state index in [1.165, 1.54) is 0 Å². The average molecular weight is 412 g/mol. The highest BCUT2D eigenvalue weighted by molar-refractivity contribution is 8.01. The Morgan fingerprint density at radius 3 is 2.34 bits per heavy atom. The Balaban J connectivity index is 1.40. The first-order valence-corrected chi connectivity index (χ1v) is 10.6. The van der Waals surface area contributed by atoms with Gasteiger partial charge in [-0.15, -0.1) is 11.8 Å². The maximum atomic E-state index is 12.8. The smallest absolute Gasteiger partial charge is 0.249 e. The summed E-state index contributed by atoms with van der Waals surface area (Å²) in [6.45, 7) is 6.23. The molecule has 4 rings (SSSR count). The second-order valence-corrected chi connectivity index (χ2v) is 9.89. The van der Waals surface area contributed by atoms with Crippen LogP contribution in [0.15, 0.2) is 48.8 Å². The van der Waals surface area contributed by atoms with Crippen molar-refractivity contribution in [3.63, 3.8) is 0 Å². The number of β-lactam (4-membered cyclic amide) rings is 1. The molecule has 2 saturated heterocycles. The number of nitrogens with zero attached hydrogens (tertiary/aromatic N) is 4. The van der Waals surface area contributed by atoms with Crippen LogP contribution in [0.5, 0.6) is 0 Å². The molecule has 2 amide bonds. The monoisotopic (exact) mass is 411 g/mol. The topological polar surface area (TPSA) is 78.4 Å². The molecule has 2 aliphatic heterocycles. The van der Waals surface area contributed by atoms with Crippen molar-refractivity contribution in [2.24, 2.45) is 0 Å². The van der Waals surface area contributed by atoms with E-state index in [2.05, 4.69) is 29.1 Å². The first-order valence-electron chi connectivity index (χ1n) is 9.71. The van der Waals surface area contributed by atoms with E-state index in [9.17, 15) is 9.59 Å². The van der Waals surface area contributed by atoms with Gasteiger partial charge in [0.25, 0.3) is 0 Å². The Hall–Kier alpha value is -2.45. The molecule has 2 fully saturated rings. The molecule has 152 valence electrons. The van der Waals surface area contributed by atoms with E-state index in [-0.39, 0.29) is 28.5 Å². The lowest BCUT2D eigenvalue weighted by Gasteiger charge is -2.41. The molecule has 4 heterocycles. The highest BCUT2D eigenvalue weighted by Gasteiger charge is 2.56. The van der Waals surface area contributed by atoms with Gasteiger partial charge in [0, 0.05) is 36.8 Å². The fraction of sp³-hybridized carbons (Fsp3) is 0.429. The van der Waals surface area contributed by atoms with Crippen LogP contribution in [0.25, 0.3) is 0 Å². The third-order valence-corrected chi connectivity index (χ3v) is 6.57. The van der Waals surface area contributed by atoms with Crippen LogP contribution in [-0.4, -0.2) is 60.8 Å². The Kier molecular flexibility index (Phi) is 5.56. The van der Waals surface area contributed by atoms with Gasteiger partial charge in [0.05, 0.1) is 17.9 Å². The van der Waals surface area contributed by atoms with Crippen LogP contribution in [0, 0.1) is 0 Å². The number of hydrogen-bond acceptors (Lipinski definition) is 6. The summed E-state index contributed by atoms with van der Waals surface area (Å²) in [5.41, 5.74) is 1.77. The molecule has 2 aromatic heterocycles. The molecule has 8 heteroatoms. The normalized spacial score (nSPS) is 22.3. The zero-order valence-electron chi connectivity index (χ0n) is 16.6. The van der Waals surface area contributed by atoms with Crippen LogP contribution in [0.4, 0.5) is 0 Å². The molecular formula is C21H25N5O2S. The van der Waals surface area contributed by atoms with E-state index < -0.39 is 6.04 Å². The van der Waals surface area contributed by atoms with E-state index in [1.54, 1.807) is 24.2 Å². The van der Waals surface area contributed by atoms with Crippen LogP contribution in [0.2, 0.25) is 0 Å². The third-order valence-electron chi connectivity index (χ3n) is 5.04. The Bertz CT molecular complexity index is 836. The lowest BCUT2D eigenvalue weighted by molar-refractivity contribution is -0.148. The van der Waals surface area contributed by atoms with Crippen LogP contribution in [0.3, 0.4) is 0 Å². The molecule has 2 atom stereocenters. The number of hydrogen-bond donors (Lipinski definition) is 1. The van der Waals surface area contributed by atoms with Gasteiger partial charge in [0.1, 0.15) is 11.4 Å². The number of carbonyl (C=O) groups is 2. The fourth-order valence-electron chi connectivity index (χ4n) is 3.76. The Morgan fingerprint density at radius 2 is 1.79 bits per heavy atom. The molecule has 0 bridgehead atoms. The van der Waals surface area contributed by atoms with Crippen molar-refractivity contribution in [1.29, 1.82) is 0 Å². The summed E-state index contributed by atoms with van der Waals surface area (Å²) in [5.74, 6) is -0.136. The van der Waals surface area contributed by atoms with Gasteiger partial charge in [0.2, 0.25) is 11.8 Å². The van der Waals surface area contributed by atoms with Crippen molar-refractivity contribution >= 4 is 23.6 Å². The Labute approximate surface area is 174 Å². The van der Waals surface area contributed by atoms with Gasteiger partial charge in [-0.05, 0) is 38.1 Å². The minimum atomic E-state index is -0.430. The van der Waals surface area contributed by atoms with Crippen molar-refractivity contribution in [3.05, 3.63) is 60.2 Å². The number of aromatic nitrogens is 2. The molecule has 0 aliphatic carbocycles. The van der Waals surface area contributed by atoms with Crippen molar-refractivity contribution in [2.75, 3.05) is 13.1 Å². The third kappa shape index (κ3) is 4.59. The van der Waals surface area contributed by atoms with E-state index in [1.807, 2.05) is 46.2 Å². The molecule has 0 radical (unpaired) electrons. The highest BCUT2D eigenvalue weighted by Crippen LogP contribution is 2.46. The van der Waals surface area contributed by atoms with Crippen LogP contribution in [-0.2, 0) is 22.7 Å². The summed E-state index contributed by atoms with van der Waals surface area (Å²) in [4.78, 5) is 37.7. The number of rotatable bonds is 7. The van der Waals surface area contributed by atoms with Gasteiger partial charge in [0.15, 0.2) is 0 Å². The SMILES string of the molecule is CC1(C)CN2C(=O)C(NC(=O)CN(Cc3ccccn3)Cc3ccccn3)C2S1. The summed E-state index contributed by atoms with van der Waals surface area (Å²) >= 11 is 1.75. The van der Waals surface area contributed by atoms with Gasteiger partial charge in [-0.25, -0.2) is 0 Å². The summed E-state index contributed by atoms with van der Waals surface area (Å²) in [6.07, 6.45) is 3.49. The number of carbonyl (C=O) groups excluding carboxylic acids is 2. The molecule has 2 unspecified atom stereocenters. The maximum absolute atomic E-state index is 12.8. The number of thioether (sulfide) groups is 1. The molecule has 2 aliphatic rings. The first kappa shape index (κ1) is 19.8. The van der Waals surface area contributed by atoms with Gasteiger partial charge in [-0.1, -0.05) is 12.1 Å². The van der Waals surface area contributed by atoms with Gasteiger partial charge >= 0.3 is 0 Å². The van der Waals surface area contributed by atoms with Crippen molar-refractivity contribution in [1.82, 2.24) is 25.1 Å². The highest BCUT2D eigenvalue weighted by atomic mass is 32.2. The van der Waals surface area contributed by atoms with E-state index in [4.69, 9.17) is 0 Å². The predicted octanol–water partition coefficient (Wildman–Crippen LogP) is 1.66. The Morgan fingerprint density at radius 1 is 1.17 bits per heavy atom. The van der Waals surface area contributed by atoms with Gasteiger partial charge < -0.3 is 10.2 Å². The maximum Gasteiger partial charge on any atom is 0.249 e. The largest absolute Gasteiger partial charge is 0.341 e. The number of nitrogens with one attached hydrogen (secondary N) is 1. The lowest BCUT2D eigenvalue weighted by atomic mass is 10.1. The minimum Gasteiger partial charge on any atom is -0.341 e. The van der Waals surface area contributed by atoms with E-state index in [0.717, 1.165) is 17.9 Å². The summed E-state index contributed by atoms with van der Waals surface area (Å²) in [7, 11) is 0. The van der Waals surface area contributed by atoms with Crippen LogP contribution in [0.1, 0.15) is 25.2 Å². The summed E-state index contributed by atoms with van der Waals surface area (Å²) in [5, 5.41) is 2.99. The fourth-order valence-corrected chi connectivity index (χ4v) is 5.26. The minimum absolute atomic E-state index is 0.0161. The average Bonchev–Trinajstić information content (AvgIpc) is 2.99. The molecular weight excluding hydrogens is 386 g/mol. The van der Waals surface area contributed by atoms with E-state index in [0.29, 0.717) is 13.1 Å². The van der Waals surface area contributed by atoms with Crippen molar-refractivity contribution in [2.45, 2.75) is 43.1 Å². The first-order chi connectivity index (χ1) is 13.9. The quantitative estimate of drug-likeness (QED) is 0.698. The second-order valence-electron chi connectivity index (χ2n) is 8.07. The van der Waals surface area contributed by atoms with Crippen molar-refractivity contribution < 1.29 is 9.59 Å². The predicted molar refractivity (Wildman–Crippen MR) is 112 cm³/mol. The molecule has 0 saturated carbocycles. The summed E-state index contributed by atoms with van der Waals surface area (Å²) in [6, 6.07) is 11.1. The van der Waals surface area contributed by atoms with Gasteiger partial charge in [-0.3, -0.25) is 24.5 Å². The van der Waals surface area contributed by atoms with Crippen molar-refractivity contribution in [3.8, 4) is 0 Å². The molecule has 0 spiro atoms. The van der Waals surface area contributed by atoms with Crippen LogP contribution >= 0.6 is 11.8 Å². The van der Waals surface area contributed by atoms with Crippen LogP contribution < -0.4 is 5.32 Å². The number of amides is 2. The molecule has 2 aromatic rings. The van der Waals surface area contributed by atoms with Gasteiger partial charge in [-0.2, -0.15) is 0 Å². The molecule has 7 nitrogen and oxygen atoms in total. The zero-order chi connectivity index (χ0) is 20.4. The second kappa shape index (κ2) is 8.12. The number of fused-ring (bicyclic) bond motifs is 1. The number of pyridine rings is 2. The summed E-state index contributed by atoms with van der Waals surface area (Å²) < 4.78 is 0.0315. The lowest BCUT2D eigenvalue weighted by Crippen LogP contribution is -2.67. The molecule has 29 heavy (non-hydrogen) atoms.